The summed E-state index contributed by atoms with van der Waals surface area (Å²) < 4.78 is 38.1. The second-order valence-corrected chi connectivity index (χ2v) is 4.38. The zero-order chi connectivity index (χ0) is 13.9. The Hall–Kier alpha value is -1.28. The normalized spacial score (nSPS) is 16.4. The van der Waals surface area contributed by atoms with Gasteiger partial charge in [0, 0.05) is 25.8 Å². The molecule has 1 aromatic rings. The van der Waals surface area contributed by atoms with Gasteiger partial charge in [-0.1, -0.05) is 0 Å². The molecule has 9 heteroatoms. The highest BCUT2D eigenvalue weighted by atomic mass is 35.5. The van der Waals surface area contributed by atoms with Crippen LogP contribution in [0.3, 0.4) is 0 Å². The largest absolute Gasteiger partial charge is 0.435 e. The van der Waals surface area contributed by atoms with Gasteiger partial charge in [-0.2, -0.15) is 18.3 Å². The molecular weight excluding hydrogens is 297 g/mol. The summed E-state index contributed by atoms with van der Waals surface area (Å²) >= 11 is 0. The minimum atomic E-state index is -4.47. The summed E-state index contributed by atoms with van der Waals surface area (Å²) in [5, 5.41) is 6.52. The lowest BCUT2D eigenvalue weighted by molar-refractivity contribution is -0.142. The van der Waals surface area contributed by atoms with Crippen LogP contribution in [0.15, 0.2) is 12.3 Å². The second-order valence-electron chi connectivity index (χ2n) is 4.38. The Kier molecular flexibility index (Phi) is 5.82. The summed E-state index contributed by atoms with van der Waals surface area (Å²) in [5.74, 6) is -0.208. The maximum atomic E-state index is 12.4. The first kappa shape index (κ1) is 16.8. The van der Waals surface area contributed by atoms with Crippen LogP contribution in [0.1, 0.15) is 12.1 Å². The molecule has 1 N–H and O–H groups in total. The van der Waals surface area contributed by atoms with Crippen LogP contribution in [0.5, 0.6) is 0 Å². The number of nitrogens with one attached hydrogen (secondary N) is 1. The maximum absolute atomic E-state index is 12.4. The van der Waals surface area contributed by atoms with Crippen LogP contribution in [0.2, 0.25) is 0 Å². The fourth-order valence-corrected chi connectivity index (χ4v) is 1.93. The molecule has 0 spiro atoms. The number of aromatic nitrogens is 2. The number of carbonyl (C=O) groups excluding carboxylic acids is 1. The van der Waals surface area contributed by atoms with E-state index in [0.29, 0.717) is 19.6 Å². The predicted molar refractivity (Wildman–Crippen MR) is 68.5 cm³/mol. The van der Waals surface area contributed by atoms with Crippen LogP contribution in [0.4, 0.5) is 13.2 Å². The van der Waals surface area contributed by atoms with Gasteiger partial charge < -0.3 is 10.2 Å². The van der Waals surface area contributed by atoms with Gasteiger partial charge in [0.1, 0.15) is 6.54 Å². The number of carbonyl (C=O) groups is 1. The Labute approximate surface area is 120 Å². The first-order chi connectivity index (χ1) is 8.97. The van der Waals surface area contributed by atoms with Gasteiger partial charge in [-0.05, 0) is 19.0 Å². The smallest absolute Gasteiger partial charge is 0.340 e. The van der Waals surface area contributed by atoms with Gasteiger partial charge in [-0.25, -0.2) is 0 Å². The van der Waals surface area contributed by atoms with Crippen LogP contribution in [-0.2, 0) is 17.5 Å². The van der Waals surface area contributed by atoms with E-state index >= 15 is 0 Å². The summed E-state index contributed by atoms with van der Waals surface area (Å²) in [7, 11) is 0. The van der Waals surface area contributed by atoms with E-state index < -0.39 is 11.9 Å². The van der Waals surface area contributed by atoms with Gasteiger partial charge in [0.15, 0.2) is 5.69 Å². The fraction of sp³-hybridized carbons (Fsp3) is 0.636. The van der Waals surface area contributed by atoms with E-state index in [1.165, 1.54) is 6.20 Å². The minimum absolute atomic E-state index is 0. The third kappa shape index (κ3) is 4.38. The average molecular weight is 313 g/mol. The molecule has 114 valence electrons. The molecule has 1 saturated heterocycles. The quantitative estimate of drug-likeness (QED) is 0.891. The Morgan fingerprint density at radius 2 is 2.10 bits per heavy atom. The summed E-state index contributed by atoms with van der Waals surface area (Å²) in [5.41, 5.74) is -0.974. The lowest BCUT2D eigenvalue weighted by atomic mass is 10.4. The van der Waals surface area contributed by atoms with Crippen LogP contribution in [0, 0.1) is 0 Å². The Bertz CT molecular complexity index is 441. The first-order valence-corrected chi connectivity index (χ1v) is 6.06. The van der Waals surface area contributed by atoms with Crippen LogP contribution >= 0.6 is 12.4 Å². The first-order valence-electron chi connectivity index (χ1n) is 6.06. The molecule has 2 heterocycles. The summed E-state index contributed by atoms with van der Waals surface area (Å²) in [6.07, 6.45) is -2.45. The van der Waals surface area contributed by atoms with Gasteiger partial charge >= 0.3 is 6.18 Å². The van der Waals surface area contributed by atoms with Gasteiger partial charge in [-0.15, -0.1) is 12.4 Å². The molecule has 2 rings (SSSR count). The highest BCUT2D eigenvalue weighted by Crippen LogP contribution is 2.27. The van der Waals surface area contributed by atoms with Crippen molar-refractivity contribution in [3.63, 3.8) is 0 Å². The van der Waals surface area contributed by atoms with Gasteiger partial charge in [0.2, 0.25) is 5.91 Å². The van der Waals surface area contributed by atoms with Crippen molar-refractivity contribution in [3.8, 4) is 0 Å². The molecule has 1 amide bonds. The molecule has 0 aromatic carbocycles. The van der Waals surface area contributed by atoms with Crippen molar-refractivity contribution in [2.45, 2.75) is 19.1 Å². The number of rotatable bonds is 2. The van der Waals surface area contributed by atoms with E-state index in [2.05, 4.69) is 10.4 Å². The number of amides is 1. The molecule has 5 nitrogen and oxygen atoms in total. The SMILES string of the molecule is Cl.O=C(Cn1ccc(C(F)(F)F)n1)N1CCCNCC1. The van der Waals surface area contributed by atoms with Crippen molar-refractivity contribution in [3.05, 3.63) is 18.0 Å². The molecule has 1 aliphatic heterocycles. The molecule has 1 fully saturated rings. The molecule has 0 saturated carbocycles. The molecule has 0 atom stereocenters. The third-order valence-corrected chi connectivity index (χ3v) is 2.92. The van der Waals surface area contributed by atoms with E-state index in [9.17, 15) is 18.0 Å². The molecular formula is C11H16ClF3N4O. The molecule has 0 radical (unpaired) electrons. The van der Waals surface area contributed by atoms with E-state index in [-0.39, 0.29) is 24.9 Å². The topological polar surface area (TPSA) is 50.2 Å². The van der Waals surface area contributed by atoms with Crippen LogP contribution < -0.4 is 5.32 Å². The minimum Gasteiger partial charge on any atom is -0.340 e. The van der Waals surface area contributed by atoms with Crippen molar-refractivity contribution >= 4 is 18.3 Å². The zero-order valence-corrected chi connectivity index (χ0v) is 11.5. The number of nitrogens with zero attached hydrogens (tertiary/aromatic N) is 3. The Morgan fingerprint density at radius 3 is 2.75 bits per heavy atom. The van der Waals surface area contributed by atoms with E-state index in [4.69, 9.17) is 0 Å². The number of hydrogen-bond donors (Lipinski definition) is 1. The summed E-state index contributed by atoms with van der Waals surface area (Å²) in [4.78, 5) is 13.6. The fourth-order valence-electron chi connectivity index (χ4n) is 1.93. The van der Waals surface area contributed by atoms with Gasteiger partial charge in [-0.3, -0.25) is 9.48 Å². The van der Waals surface area contributed by atoms with Crippen molar-refractivity contribution in [1.82, 2.24) is 20.0 Å². The zero-order valence-electron chi connectivity index (χ0n) is 10.7. The number of alkyl halides is 3. The lowest BCUT2D eigenvalue weighted by Crippen LogP contribution is -2.36. The molecule has 0 bridgehead atoms. The monoisotopic (exact) mass is 312 g/mol. The van der Waals surface area contributed by atoms with E-state index in [1.54, 1.807) is 4.90 Å². The number of halogens is 4. The standard InChI is InChI=1S/C11H15F3N4O.ClH/c12-11(13,14)9-2-6-18(16-9)8-10(19)17-5-1-3-15-4-7-17;/h2,6,15H,1,3-5,7-8H2;1H. The molecule has 0 aliphatic carbocycles. The van der Waals surface area contributed by atoms with Gasteiger partial charge in [0.25, 0.3) is 0 Å². The highest BCUT2D eigenvalue weighted by molar-refractivity contribution is 5.85. The van der Waals surface area contributed by atoms with E-state index in [1.807, 2.05) is 0 Å². The molecule has 1 aliphatic rings. The van der Waals surface area contributed by atoms with Crippen LogP contribution in [0.25, 0.3) is 0 Å². The lowest BCUT2D eigenvalue weighted by Gasteiger charge is -2.19. The molecule has 0 unspecified atom stereocenters. The highest BCUT2D eigenvalue weighted by Gasteiger charge is 2.33. The summed E-state index contributed by atoms with van der Waals surface area (Å²) in [6.45, 7) is 2.60. The second kappa shape index (κ2) is 6.94. The van der Waals surface area contributed by atoms with Crippen molar-refractivity contribution < 1.29 is 18.0 Å². The van der Waals surface area contributed by atoms with E-state index in [0.717, 1.165) is 23.7 Å². The molecule has 1 aromatic heterocycles. The summed E-state index contributed by atoms with van der Waals surface area (Å²) in [6, 6.07) is 0.872. The van der Waals surface area contributed by atoms with Crippen molar-refractivity contribution in [2.75, 3.05) is 26.2 Å². The predicted octanol–water partition coefficient (Wildman–Crippen LogP) is 1.15. The third-order valence-electron chi connectivity index (χ3n) is 2.92. The Balaban J connectivity index is 0.00000200. The van der Waals surface area contributed by atoms with Crippen LogP contribution in [-0.4, -0.2) is 46.8 Å². The van der Waals surface area contributed by atoms with Crippen molar-refractivity contribution in [2.24, 2.45) is 0 Å². The average Bonchev–Trinajstić information content (AvgIpc) is 2.63. The number of hydrogen-bond acceptors (Lipinski definition) is 3. The van der Waals surface area contributed by atoms with Crippen molar-refractivity contribution in [1.29, 1.82) is 0 Å². The Morgan fingerprint density at radius 1 is 1.35 bits per heavy atom. The maximum Gasteiger partial charge on any atom is 0.435 e. The van der Waals surface area contributed by atoms with Gasteiger partial charge in [0.05, 0.1) is 0 Å². The molecule has 20 heavy (non-hydrogen) atoms.